The molecule has 5 heteroatoms. The number of nitrogens with two attached hydrogens (primary N) is 1. The largest absolute Gasteiger partial charge is 0.484 e. The van der Waals surface area contributed by atoms with E-state index in [9.17, 15) is 4.79 Å². The van der Waals surface area contributed by atoms with Crippen LogP contribution in [0.5, 0.6) is 5.75 Å². The van der Waals surface area contributed by atoms with Crippen molar-refractivity contribution in [1.82, 2.24) is 5.32 Å². The summed E-state index contributed by atoms with van der Waals surface area (Å²) in [7, 11) is 0. The van der Waals surface area contributed by atoms with E-state index in [4.69, 9.17) is 10.5 Å². The number of amides is 1. The number of hydrogen-bond donors (Lipinski definition) is 2. The summed E-state index contributed by atoms with van der Waals surface area (Å²) in [5.41, 5.74) is 7.45. The summed E-state index contributed by atoms with van der Waals surface area (Å²) >= 11 is 4.53. The van der Waals surface area contributed by atoms with Crippen LogP contribution in [-0.4, -0.2) is 17.6 Å². The smallest absolute Gasteiger partial charge is 0.264 e. The van der Waals surface area contributed by atoms with E-state index >= 15 is 0 Å². The summed E-state index contributed by atoms with van der Waals surface area (Å²) in [6.07, 6.45) is 0. The van der Waals surface area contributed by atoms with Crippen molar-refractivity contribution >= 4 is 23.2 Å². The van der Waals surface area contributed by atoms with E-state index in [1.165, 1.54) is 5.56 Å². The Labute approximate surface area is 99.8 Å². The van der Waals surface area contributed by atoms with Crippen molar-refractivity contribution in [2.75, 3.05) is 6.61 Å². The molecule has 0 aromatic heterocycles. The Morgan fingerprint density at radius 1 is 1.44 bits per heavy atom. The van der Waals surface area contributed by atoms with Gasteiger partial charge in [0, 0.05) is 0 Å². The van der Waals surface area contributed by atoms with Crippen LogP contribution in [0.15, 0.2) is 18.2 Å². The summed E-state index contributed by atoms with van der Waals surface area (Å²) in [5, 5.41) is 2.24. The summed E-state index contributed by atoms with van der Waals surface area (Å²) < 4.78 is 5.28. The van der Waals surface area contributed by atoms with E-state index in [2.05, 4.69) is 17.5 Å². The number of carbonyl (C=O) groups excluding carboxylic acids is 1. The normalized spacial score (nSPS) is 9.62. The highest BCUT2D eigenvalue weighted by molar-refractivity contribution is 7.80. The average Bonchev–Trinajstić information content (AvgIpc) is 2.19. The van der Waals surface area contributed by atoms with Gasteiger partial charge in [-0.05, 0) is 49.3 Å². The lowest BCUT2D eigenvalue weighted by molar-refractivity contribution is -0.121. The fourth-order valence-corrected chi connectivity index (χ4v) is 1.24. The first-order valence-corrected chi connectivity index (χ1v) is 5.19. The highest BCUT2D eigenvalue weighted by Crippen LogP contribution is 2.15. The minimum absolute atomic E-state index is 0.0475. The molecule has 0 saturated heterocycles. The Kier molecular flexibility index (Phi) is 4.25. The average molecular weight is 238 g/mol. The first-order valence-electron chi connectivity index (χ1n) is 4.78. The van der Waals surface area contributed by atoms with E-state index in [1.54, 1.807) is 0 Å². The van der Waals surface area contributed by atoms with E-state index in [0.29, 0.717) is 5.75 Å². The van der Waals surface area contributed by atoms with Crippen molar-refractivity contribution in [3.8, 4) is 5.75 Å². The lowest BCUT2D eigenvalue weighted by Gasteiger charge is -2.08. The standard InChI is InChI=1S/C11H14N2O2S/c1-7-3-4-9(5-8(7)2)15-6-10(14)13-11(12)16/h3-5H,6H2,1-2H3,(H3,12,13,14,16). The van der Waals surface area contributed by atoms with Crippen LogP contribution in [0.2, 0.25) is 0 Å². The van der Waals surface area contributed by atoms with Crippen LogP contribution in [0.25, 0.3) is 0 Å². The Hall–Kier alpha value is -1.62. The van der Waals surface area contributed by atoms with Crippen molar-refractivity contribution in [3.63, 3.8) is 0 Å². The molecule has 0 aliphatic heterocycles. The zero-order valence-electron chi connectivity index (χ0n) is 9.24. The molecule has 0 atom stereocenters. The third-order valence-electron chi connectivity index (χ3n) is 2.11. The van der Waals surface area contributed by atoms with Crippen LogP contribution >= 0.6 is 12.2 Å². The molecule has 1 aromatic carbocycles. The molecule has 4 nitrogen and oxygen atoms in total. The van der Waals surface area contributed by atoms with Gasteiger partial charge in [-0.3, -0.25) is 4.79 Å². The number of carbonyl (C=O) groups is 1. The van der Waals surface area contributed by atoms with Gasteiger partial charge in [-0.15, -0.1) is 0 Å². The second-order valence-corrected chi connectivity index (χ2v) is 3.89. The van der Waals surface area contributed by atoms with Crippen molar-refractivity contribution < 1.29 is 9.53 Å². The molecule has 1 aromatic rings. The number of aryl methyl sites for hydroxylation is 2. The van der Waals surface area contributed by atoms with E-state index < -0.39 is 0 Å². The molecule has 0 fully saturated rings. The fraction of sp³-hybridized carbons (Fsp3) is 0.273. The first kappa shape index (κ1) is 12.4. The Balaban J connectivity index is 2.51. The quantitative estimate of drug-likeness (QED) is 0.772. The molecule has 1 rings (SSSR count). The lowest BCUT2D eigenvalue weighted by Crippen LogP contribution is -2.37. The Bertz CT molecular complexity index is 418. The summed E-state index contributed by atoms with van der Waals surface area (Å²) in [5.74, 6) is 0.298. The maximum absolute atomic E-state index is 11.2. The third-order valence-corrected chi connectivity index (χ3v) is 2.21. The highest BCUT2D eigenvalue weighted by atomic mass is 32.1. The molecule has 16 heavy (non-hydrogen) atoms. The maximum Gasteiger partial charge on any atom is 0.264 e. The van der Waals surface area contributed by atoms with Gasteiger partial charge in [0.05, 0.1) is 0 Å². The fourth-order valence-electron chi connectivity index (χ4n) is 1.13. The molecular weight excluding hydrogens is 224 g/mol. The van der Waals surface area contributed by atoms with Crippen LogP contribution in [0.1, 0.15) is 11.1 Å². The first-order chi connectivity index (χ1) is 7.49. The van der Waals surface area contributed by atoms with Gasteiger partial charge in [-0.1, -0.05) is 6.07 Å². The molecule has 0 radical (unpaired) electrons. The minimum Gasteiger partial charge on any atom is -0.484 e. The molecular formula is C11H14N2O2S. The van der Waals surface area contributed by atoms with Crippen molar-refractivity contribution in [3.05, 3.63) is 29.3 Å². The molecule has 0 bridgehead atoms. The monoisotopic (exact) mass is 238 g/mol. The molecule has 0 aliphatic rings. The van der Waals surface area contributed by atoms with Crippen molar-refractivity contribution in [2.24, 2.45) is 5.73 Å². The van der Waals surface area contributed by atoms with Crippen LogP contribution in [-0.2, 0) is 4.79 Å². The number of ether oxygens (including phenoxy) is 1. The highest BCUT2D eigenvalue weighted by Gasteiger charge is 2.03. The van der Waals surface area contributed by atoms with Gasteiger partial charge >= 0.3 is 0 Å². The third kappa shape index (κ3) is 3.86. The molecule has 3 N–H and O–H groups in total. The van der Waals surface area contributed by atoms with Gasteiger partial charge in [-0.25, -0.2) is 0 Å². The van der Waals surface area contributed by atoms with Crippen LogP contribution in [0, 0.1) is 13.8 Å². The van der Waals surface area contributed by atoms with E-state index in [0.717, 1.165) is 5.56 Å². The molecule has 0 spiro atoms. The second-order valence-electron chi connectivity index (χ2n) is 3.45. The molecule has 86 valence electrons. The van der Waals surface area contributed by atoms with Crippen LogP contribution in [0.3, 0.4) is 0 Å². The number of nitrogens with one attached hydrogen (secondary N) is 1. The van der Waals surface area contributed by atoms with Gasteiger partial charge in [-0.2, -0.15) is 0 Å². The second kappa shape index (κ2) is 5.46. The van der Waals surface area contributed by atoms with Gasteiger partial charge in [0.15, 0.2) is 11.7 Å². The lowest BCUT2D eigenvalue weighted by atomic mass is 10.1. The topological polar surface area (TPSA) is 64.3 Å². The maximum atomic E-state index is 11.2. The van der Waals surface area contributed by atoms with Gasteiger partial charge in [0.25, 0.3) is 5.91 Å². The Morgan fingerprint density at radius 2 is 2.12 bits per heavy atom. The zero-order valence-corrected chi connectivity index (χ0v) is 10.1. The molecule has 0 heterocycles. The number of hydrogen-bond acceptors (Lipinski definition) is 3. The van der Waals surface area contributed by atoms with Gasteiger partial charge < -0.3 is 15.8 Å². The number of thiocarbonyl (C=S) groups is 1. The summed E-state index contributed by atoms with van der Waals surface area (Å²) in [6.45, 7) is 3.90. The summed E-state index contributed by atoms with van der Waals surface area (Å²) in [4.78, 5) is 11.2. The Morgan fingerprint density at radius 3 is 2.69 bits per heavy atom. The van der Waals surface area contributed by atoms with Crippen molar-refractivity contribution in [2.45, 2.75) is 13.8 Å². The SMILES string of the molecule is Cc1ccc(OCC(=O)NC(N)=S)cc1C. The number of rotatable bonds is 3. The van der Waals surface area contributed by atoms with Crippen LogP contribution in [0.4, 0.5) is 0 Å². The molecule has 0 aliphatic carbocycles. The van der Waals surface area contributed by atoms with Crippen LogP contribution < -0.4 is 15.8 Å². The molecule has 0 unspecified atom stereocenters. The molecule has 1 amide bonds. The minimum atomic E-state index is -0.356. The van der Waals surface area contributed by atoms with Crippen molar-refractivity contribution in [1.29, 1.82) is 0 Å². The predicted octanol–water partition coefficient (Wildman–Crippen LogP) is 1.04. The zero-order chi connectivity index (χ0) is 12.1. The predicted molar refractivity (Wildman–Crippen MR) is 66.3 cm³/mol. The van der Waals surface area contributed by atoms with E-state index in [1.807, 2.05) is 32.0 Å². The van der Waals surface area contributed by atoms with Gasteiger partial charge in [0.1, 0.15) is 5.75 Å². The summed E-state index contributed by atoms with van der Waals surface area (Å²) in [6, 6.07) is 5.63. The van der Waals surface area contributed by atoms with E-state index in [-0.39, 0.29) is 17.6 Å². The molecule has 0 saturated carbocycles. The van der Waals surface area contributed by atoms with Gasteiger partial charge in [0.2, 0.25) is 0 Å². The number of benzene rings is 1.